The molecule has 13 heavy (non-hydrogen) atoms. The fraction of sp³-hybridized carbons (Fsp3) is 0.625. The SMILES string of the molecule is ClC1=NCNC(N2CCOCC2)=C1. The fourth-order valence-electron chi connectivity index (χ4n) is 1.41. The van der Waals surface area contributed by atoms with Gasteiger partial charge in [0.2, 0.25) is 0 Å². The van der Waals surface area contributed by atoms with Crippen LogP contribution in [0.15, 0.2) is 16.9 Å². The first-order valence-corrected chi connectivity index (χ1v) is 4.72. The second kappa shape index (κ2) is 3.98. The molecule has 2 heterocycles. The Morgan fingerprint density at radius 3 is 2.92 bits per heavy atom. The predicted molar refractivity (Wildman–Crippen MR) is 51.8 cm³/mol. The van der Waals surface area contributed by atoms with Gasteiger partial charge in [-0.05, 0) is 0 Å². The summed E-state index contributed by atoms with van der Waals surface area (Å²) in [5.41, 5.74) is 0. The van der Waals surface area contributed by atoms with Crippen LogP contribution in [0.5, 0.6) is 0 Å². The highest BCUT2D eigenvalue weighted by Crippen LogP contribution is 2.08. The Hall–Kier alpha value is -0.740. The van der Waals surface area contributed by atoms with Gasteiger partial charge in [-0.25, -0.2) is 0 Å². The molecule has 0 spiro atoms. The topological polar surface area (TPSA) is 36.9 Å². The molecule has 72 valence electrons. The lowest BCUT2D eigenvalue weighted by molar-refractivity contribution is 0.0504. The first-order valence-electron chi connectivity index (χ1n) is 4.34. The van der Waals surface area contributed by atoms with Gasteiger partial charge < -0.3 is 15.0 Å². The van der Waals surface area contributed by atoms with Crippen molar-refractivity contribution in [3.8, 4) is 0 Å². The molecular weight excluding hydrogens is 190 g/mol. The fourth-order valence-corrected chi connectivity index (χ4v) is 1.58. The van der Waals surface area contributed by atoms with Crippen LogP contribution in [0, 0.1) is 0 Å². The molecule has 0 radical (unpaired) electrons. The highest BCUT2D eigenvalue weighted by molar-refractivity contribution is 6.68. The van der Waals surface area contributed by atoms with Gasteiger partial charge >= 0.3 is 0 Å². The van der Waals surface area contributed by atoms with Gasteiger partial charge in [-0.1, -0.05) is 11.6 Å². The molecule has 0 bridgehead atoms. The third-order valence-electron chi connectivity index (χ3n) is 2.10. The Morgan fingerprint density at radius 1 is 1.46 bits per heavy atom. The van der Waals surface area contributed by atoms with Crippen molar-refractivity contribution in [3.63, 3.8) is 0 Å². The Bertz CT molecular complexity index is 246. The number of hydrogen-bond donors (Lipinski definition) is 1. The summed E-state index contributed by atoms with van der Waals surface area (Å²) in [6, 6.07) is 0. The van der Waals surface area contributed by atoms with Crippen LogP contribution in [0.25, 0.3) is 0 Å². The first-order chi connectivity index (χ1) is 6.36. The van der Waals surface area contributed by atoms with E-state index in [0.717, 1.165) is 32.1 Å². The number of hydrogen-bond acceptors (Lipinski definition) is 4. The molecule has 5 heteroatoms. The number of nitrogens with one attached hydrogen (secondary N) is 1. The van der Waals surface area contributed by atoms with Gasteiger partial charge in [-0.3, -0.25) is 4.99 Å². The lowest BCUT2D eigenvalue weighted by Gasteiger charge is -2.32. The van der Waals surface area contributed by atoms with Crippen molar-refractivity contribution < 1.29 is 4.74 Å². The van der Waals surface area contributed by atoms with E-state index in [4.69, 9.17) is 16.3 Å². The maximum Gasteiger partial charge on any atom is 0.129 e. The zero-order valence-electron chi connectivity index (χ0n) is 7.29. The monoisotopic (exact) mass is 201 g/mol. The van der Waals surface area contributed by atoms with Crippen LogP contribution in [0.3, 0.4) is 0 Å². The van der Waals surface area contributed by atoms with Crippen LogP contribution in [-0.2, 0) is 4.74 Å². The van der Waals surface area contributed by atoms with Crippen molar-refractivity contribution in [1.82, 2.24) is 10.2 Å². The largest absolute Gasteiger partial charge is 0.378 e. The smallest absolute Gasteiger partial charge is 0.129 e. The molecule has 1 saturated heterocycles. The van der Waals surface area contributed by atoms with Crippen LogP contribution in [-0.4, -0.2) is 43.0 Å². The average molecular weight is 202 g/mol. The van der Waals surface area contributed by atoms with E-state index in [1.807, 2.05) is 6.08 Å². The van der Waals surface area contributed by atoms with Crippen LogP contribution in [0.2, 0.25) is 0 Å². The van der Waals surface area contributed by atoms with Crippen LogP contribution < -0.4 is 5.32 Å². The van der Waals surface area contributed by atoms with Crippen molar-refractivity contribution in [3.05, 3.63) is 11.9 Å². The standard InChI is InChI=1S/C8H12ClN3O/c9-7-5-8(11-6-10-7)12-1-3-13-4-2-12/h5,11H,1-4,6H2. The number of aliphatic imine (C=N–C) groups is 1. The zero-order chi connectivity index (χ0) is 9.10. The summed E-state index contributed by atoms with van der Waals surface area (Å²) >= 11 is 5.81. The van der Waals surface area contributed by atoms with E-state index in [0.29, 0.717) is 11.8 Å². The molecule has 4 nitrogen and oxygen atoms in total. The molecule has 2 rings (SSSR count). The number of rotatable bonds is 1. The molecule has 0 unspecified atom stereocenters. The molecule has 0 aromatic carbocycles. The number of nitrogens with zero attached hydrogens (tertiary/aromatic N) is 2. The van der Waals surface area contributed by atoms with E-state index < -0.39 is 0 Å². The van der Waals surface area contributed by atoms with Gasteiger partial charge in [0.15, 0.2) is 0 Å². The summed E-state index contributed by atoms with van der Waals surface area (Å²) in [6.45, 7) is 3.98. The Balaban J connectivity index is 2.02. The van der Waals surface area contributed by atoms with Gasteiger partial charge in [0.1, 0.15) is 17.7 Å². The van der Waals surface area contributed by atoms with E-state index in [1.54, 1.807) is 0 Å². The number of allylic oxidation sites excluding steroid dienone is 1. The molecule has 0 amide bonds. The summed E-state index contributed by atoms with van der Waals surface area (Å²) in [6.07, 6.45) is 1.86. The minimum absolute atomic E-state index is 0.570. The first kappa shape index (κ1) is 8.84. The van der Waals surface area contributed by atoms with E-state index in [-0.39, 0.29) is 0 Å². The highest BCUT2D eigenvalue weighted by atomic mass is 35.5. The summed E-state index contributed by atoms with van der Waals surface area (Å²) in [7, 11) is 0. The van der Waals surface area contributed by atoms with Gasteiger partial charge in [-0.2, -0.15) is 0 Å². The summed E-state index contributed by atoms with van der Waals surface area (Å²) in [4.78, 5) is 6.23. The molecule has 0 aromatic rings. The highest BCUT2D eigenvalue weighted by Gasteiger charge is 2.15. The minimum Gasteiger partial charge on any atom is -0.378 e. The van der Waals surface area contributed by atoms with Gasteiger partial charge in [0.05, 0.1) is 13.2 Å². The zero-order valence-corrected chi connectivity index (χ0v) is 8.05. The normalized spacial score (nSPS) is 23.3. The lowest BCUT2D eigenvalue weighted by atomic mass is 10.4. The number of morpholine rings is 1. The number of ether oxygens (including phenoxy) is 1. The van der Waals surface area contributed by atoms with Crippen molar-refractivity contribution >= 4 is 16.8 Å². The summed E-state index contributed by atoms with van der Waals surface area (Å²) in [5, 5.41) is 3.75. The molecular formula is C8H12ClN3O. The molecule has 0 aliphatic carbocycles. The minimum atomic E-state index is 0.570. The van der Waals surface area contributed by atoms with Gasteiger partial charge in [-0.15, -0.1) is 0 Å². The summed E-state index contributed by atoms with van der Waals surface area (Å²) in [5.74, 6) is 1.06. The van der Waals surface area contributed by atoms with E-state index in [9.17, 15) is 0 Å². The molecule has 2 aliphatic rings. The molecule has 2 aliphatic heterocycles. The van der Waals surface area contributed by atoms with E-state index >= 15 is 0 Å². The maximum absolute atomic E-state index is 5.81. The predicted octanol–water partition coefficient (Wildman–Crippen LogP) is 0.358. The second-order valence-corrected chi connectivity index (χ2v) is 3.33. The van der Waals surface area contributed by atoms with Crippen LogP contribution >= 0.6 is 11.6 Å². The van der Waals surface area contributed by atoms with Gasteiger partial charge in [0, 0.05) is 19.2 Å². The molecule has 1 N–H and O–H groups in total. The van der Waals surface area contributed by atoms with Crippen LogP contribution in [0.4, 0.5) is 0 Å². The Kier molecular flexibility index (Phi) is 2.71. The Morgan fingerprint density at radius 2 is 2.23 bits per heavy atom. The van der Waals surface area contributed by atoms with Crippen LogP contribution in [0.1, 0.15) is 0 Å². The molecule has 0 atom stereocenters. The molecule has 0 aromatic heterocycles. The Labute approximate surface area is 82.2 Å². The quantitative estimate of drug-likeness (QED) is 0.666. The third kappa shape index (κ3) is 2.14. The van der Waals surface area contributed by atoms with E-state index in [2.05, 4.69) is 15.2 Å². The summed E-state index contributed by atoms with van der Waals surface area (Å²) < 4.78 is 5.26. The maximum atomic E-state index is 5.81. The second-order valence-electron chi connectivity index (χ2n) is 2.94. The van der Waals surface area contributed by atoms with Crippen molar-refractivity contribution in [2.24, 2.45) is 4.99 Å². The lowest BCUT2D eigenvalue weighted by Crippen LogP contribution is -2.41. The molecule has 1 fully saturated rings. The van der Waals surface area contributed by atoms with Crippen molar-refractivity contribution in [1.29, 1.82) is 0 Å². The van der Waals surface area contributed by atoms with Crippen molar-refractivity contribution in [2.75, 3.05) is 33.0 Å². The number of halogens is 1. The third-order valence-corrected chi connectivity index (χ3v) is 2.33. The van der Waals surface area contributed by atoms with E-state index in [1.165, 1.54) is 0 Å². The molecule has 0 saturated carbocycles. The van der Waals surface area contributed by atoms with Gasteiger partial charge in [0.25, 0.3) is 0 Å². The average Bonchev–Trinajstić information content (AvgIpc) is 2.19. The van der Waals surface area contributed by atoms with Crippen molar-refractivity contribution in [2.45, 2.75) is 0 Å².